The Morgan fingerprint density at radius 3 is 2.66 bits per heavy atom. The van der Waals surface area contributed by atoms with Gasteiger partial charge < -0.3 is 20.5 Å². The molecule has 0 aliphatic carbocycles. The molecular formula is C26H26F3N3O3. The Balaban J connectivity index is 1.49. The van der Waals surface area contributed by atoms with E-state index in [1.54, 1.807) is 12.3 Å². The molecule has 0 bridgehead atoms. The van der Waals surface area contributed by atoms with Crippen molar-refractivity contribution in [1.29, 1.82) is 0 Å². The van der Waals surface area contributed by atoms with Gasteiger partial charge in [-0.05, 0) is 68.0 Å². The van der Waals surface area contributed by atoms with Gasteiger partial charge in [0.05, 0.1) is 18.2 Å². The van der Waals surface area contributed by atoms with Crippen molar-refractivity contribution in [3.8, 4) is 11.5 Å². The Kier molecular flexibility index (Phi) is 7.55. The Labute approximate surface area is 201 Å². The first-order valence-electron chi connectivity index (χ1n) is 11.4. The molecule has 1 fully saturated rings. The number of carbonyl (C=O) groups excluding carboxylic acids is 1. The van der Waals surface area contributed by atoms with E-state index in [2.05, 4.69) is 4.99 Å². The molecule has 2 aromatic carbocycles. The molecule has 2 atom stereocenters. The summed E-state index contributed by atoms with van der Waals surface area (Å²) in [6, 6.07) is 5.87. The molecule has 35 heavy (non-hydrogen) atoms. The van der Waals surface area contributed by atoms with Gasteiger partial charge in [0, 0.05) is 18.8 Å². The molecule has 3 N–H and O–H groups in total. The average Bonchev–Trinajstić information content (AvgIpc) is 2.84. The van der Waals surface area contributed by atoms with Crippen LogP contribution in [-0.4, -0.2) is 41.3 Å². The fourth-order valence-corrected chi connectivity index (χ4v) is 4.44. The molecule has 2 heterocycles. The van der Waals surface area contributed by atoms with Crippen LogP contribution in [0.3, 0.4) is 0 Å². The molecule has 1 amide bonds. The minimum Gasteiger partial charge on any atom is -0.454 e. The second kappa shape index (κ2) is 10.8. The number of likely N-dealkylation sites (tertiary alicyclic amines) is 1. The van der Waals surface area contributed by atoms with Crippen LogP contribution in [0.25, 0.3) is 0 Å². The second-order valence-electron chi connectivity index (χ2n) is 8.56. The number of aliphatic hydroxyl groups is 1. The van der Waals surface area contributed by atoms with E-state index in [1.165, 1.54) is 17.0 Å². The molecule has 184 valence electrons. The lowest BCUT2D eigenvalue weighted by molar-refractivity contribution is 0.0437. The van der Waals surface area contributed by atoms with Crippen molar-refractivity contribution < 1.29 is 27.8 Å². The minimum atomic E-state index is -0.949. The van der Waals surface area contributed by atoms with Crippen molar-refractivity contribution in [1.82, 2.24) is 4.90 Å². The highest BCUT2D eigenvalue weighted by molar-refractivity contribution is 5.95. The van der Waals surface area contributed by atoms with Gasteiger partial charge in [-0.2, -0.15) is 0 Å². The summed E-state index contributed by atoms with van der Waals surface area (Å²) in [5.41, 5.74) is 6.51. The number of aliphatic imine (C=N–C) groups is 1. The van der Waals surface area contributed by atoms with E-state index in [1.807, 2.05) is 6.08 Å². The lowest BCUT2D eigenvalue weighted by atomic mass is 9.82. The number of halogens is 3. The van der Waals surface area contributed by atoms with E-state index in [-0.39, 0.29) is 24.8 Å². The Morgan fingerprint density at radius 2 is 1.91 bits per heavy atom. The Bertz CT molecular complexity index is 1180. The molecule has 0 aromatic heterocycles. The van der Waals surface area contributed by atoms with Gasteiger partial charge in [0.2, 0.25) is 0 Å². The van der Waals surface area contributed by atoms with Crippen molar-refractivity contribution in [2.45, 2.75) is 31.7 Å². The summed E-state index contributed by atoms with van der Waals surface area (Å²) in [7, 11) is 0. The second-order valence-corrected chi connectivity index (χ2v) is 8.56. The molecule has 9 heteroatoms. The SMILES string of the molecule is NC1=C/C=C(/C2CCN(C(=O)c3cc(F)c(Oc4ccc(F)cc4)cc3F)[C@H](CO)C2)CC/C=N\1. The van der Waals surface area contributed by atoms with E-state index in [4.69, 9.17) is 10.5 Å². The maximum Gasteiger partial charge on any atom is 0.257 e. The summed E-state index contributed by atoms with van der Waals surface area (Å²) in [4.78, 5) is 18.6. The van der Waals surface area contributed by atoms with E-state index in [0.29, 0.717) is 18.7 Å². The van der Waals surface area contributed by atoms with Gasteiger partial charge in [-0.1, -0.05) is 11.6 Å². The fraction of sp³-hybridized carbons (Fsp3) is 0.308. The van der Waals surface area contributed by atoms with Gasteiger partial charge in [-0.3, -0.25) is 4.79 Å². The van der Waals surface area contributed by atoms with Crippen LogP contribution < -0.4 is 10.5 Å². The lowest BCUT2D eigenvalue weighted by Gasteiger charge is -2.39. The summed E-state index contributed by atoms with van der Waals surface area (Å²) in [5, 5.41) is 9.99. The third-order valence-corrected chi connectivity index (χ3v) is 6.28. The number of hydrogen-bond acceptors (Lipinski definition) is 5. The number of amides is 1. The van der Waals surface area contributed by atoms with Crippen molar-refractivity contribution >= 4 is 12.1 Å². The molecule has 6 nitrogen and oxygen atoms in total. The number of carbonyl (C=O) groups is 1. The van der Waals surface area contributed by atoms with Gasteiger partial charge >= 0.3 is 0 Å². The quantitative estimate of drug-likeness (QED) is 0.643. The molecule has 0 radical (unpaired) electrons. The zero-order valence-electron chi connectivity index (χ0n) is 19.0. The Hall–Kier alpha value is -3.59. The molecule has 0 saturated carbocycles. The van der Waals surface area contributed by atoms with Crippen LogP contribution in [0.4, 0.5) is 13.2 Å². The third kappa shape index (κ3) is 5.74. The van der Waals surface area contributed by atoms with Crippen molar-refractivity contribution in [2.24, 2.45) is 16.6 Å². The maximum atomic E-state index is 14.9. The predicted octanol–water partition coefficient (Wildman–Crippen LogP) is 4.70. The summed E-state index contributed by atoms with van der Waals surface area (Å²) >= 11 is 0. The fourth-order valence-electron chi connectivity index (χ4n) is 4.44. The zero-order valence-corrected chi connectivity index (χ0v) is 19.0. The Morgan fingerprint density at radius 1 is 1.14 bits per heavy atom. The minimum absolute atomic E-state index is 0.123. The molecule has 2 aliphatic heterocycles. The van der Waals surface area contributed by atoms with Crippen LogP contribution in [0, 0.1) is 23.4 Å². The number of ether oxygens (including phenoxy) is 1. The van der Waals surface area contributed by atoms with Crippen LogP contribution in [0.15, 0.2) is 64.9 Å². The first kappa shape index (κ1) is 24.5. The topological polar surface area (TPSA) is 88.2 Å². The standard InChI is InChI=1S/C26H26F3N3O3/c27-18-4-6-20(7-5-18)35-24-14-22(28)21(13-23(24)29)26(34)32-11-9-17(12-19(32)15-33)16-2-1-10-31-25(30)8-3-16/h3-8,10,13-14,17,19,33H,1-2,9,11-12,15,30H2/b16-3+,25-8-,31-10-/t17?,19-/m0/s1. The number of nitrogens with two attached hydrogens (primary N) is 1. The normalized spacial score (nSPS) is 24.4. The lowest BCUT2D eigenvalue weighted by Crippen LogP contribution is -2.48. The third-order valence-electron chi connectivity index (χ3n) is 6.28. The first-order valence-corrected chi connectivity index (χ1v) is 11.4. The number of nitrogens with zero attached hydrogens (tertiary/aromatic N) is 2. The highest BCUT2D eigenvalue weighted by Gasteiger charge is 2.34. The molecule has 0 spiro atoms. The molecule has 2 aromatic rings. The number of piperidine rings is 1. The van der Waals surface area contributed by atoms with Gasteiger partial charge in [-0.25, -0.2) is 18.2 Å². The molecular weight excluding hydrogens is 459 g/mol. The molecule has 2 aliphatic rings. The maximum absolute atomic E-state index is 14.9. The molecule has 4 rings (SSSR count). The number of hydrogen-bond donors (Lipinski definition) is 2. The van der Waals surface area contributed by atoms with E-state index < -0.39 is 40.7 Å². The molecule has 1 unspecified atom stereocenters. The highest BCUT2D eigenvalue weighted by atomic mass is 19.1. The van der Waals surface area contributed by atoms with Gasteiger partial charge in [0.25, 0.3) is 5.91 Å². The van der Waals surface area contributed by atoms with Crippen LogP contribution >= 0.6 is 0 Å². The largest absolute Gasteiger partial charge is 0.454 e. The zero-order chi connectivity index (χ0) is 24.9. The smallest absolute Gasteiger partial charge is 0.257 e. The van der Waals surface area contributed by atoms with Crippen LogP contribution in [-0.2, 0) is 0 Å². The summed E-state index contributed by atoms with van der Waals surface area (Å²) in [6.07, 6.45) is 8.09. The van der Waals surface area contributed by atoms with Crippen LogP contribution in [0.5, 0.6) is 11.5 Å². The summed E-state index contributed by atoms with van der Waals surface area (Å²) < 4.78 is 47.9. The van der Waals surface area contributed by atoms with Crippen molar-refractivity contribution in [3.05, 3.63) is 83.0 Å². The number of allylic oxidation sites excluding steroid dienone is 3. The van der Waals surface area contributed by atoms with Gasteiger partial charge in [0.1, 0.15) is 23.2 Å². The summed E-state index contributed by atoms with van der Waals surface area (Å²) in [5.74, 6) is -2.83. The molecule has 1 saturated heterocycles. The van der Waals surface area contributed by atoms with Crippen LogP contribution in [0.1, 0.15) is 36.0 Å². The predicted molar refractivity (Wildman–Crippen MR) is 126 cm³/mol. The van der Waals surface area contributed by atoms with Gasteiger partial charge in [-0.15, -0.1) is 0 Å². The monoisotopic (exact) mass is 485 g/mol. The number of aliphatic hydroxyl groups excluding tert-OH is 1. The van der Waals surface area contributed by atoms with E-state index in [9.17, 15) is 23.1 Å². The van der Waals surface area contributed by atoms with Crippen molar-refractivity contribution in [3.63, 3.8) is 0 Å². The average molecular weight is 486 g/mol. The van der Waals surface area contributed by atoms with Gasteiger partial charge in [0.15, 0.2) is 11.6 Å². The van der Waals surface area contributed by atoms with E-state index in [0.717, 1.165) is 42.7 Å². The number of benzene rings is 2. The summed E-state index contributed by atoms with van der Waals surface area (Å²) in [6.45, 7) is -0.0148. The highest BCUT2D eigenvalue weighted by Crippen LogP contribution is 2.34. The van der Waals surface area contributed by atoms with Crippen molar-refractivity contribution in [2.75, 3.05) is 13.2 Å². The van der Waals surface area contributed by atoms with E-state index >= 15 is 0 Å². The number of rotatable bonds is 5. The first-order chi connectivity index (χ1) is 16.9. The van der Waals surface area contributed by atoms with Crippen LogP contribution in [0.2, 0.25) is 0 Å².